The number of pyridine rings is 1. The van der Waals surface area contributed by atoms with Crippen molar-refractivity contribution in [2.75, 3.05) is 4.90 Å². The molecular formula is C33H17N5S2+2. The third-order valence-electron chi connectivity index (χ3n) is 9.46. The number of nitrogens with zero attached hydrogens (tertiary/aromatic N) is 5. The molecule has 0 bridgehead atoms. The lowest BCUT2D eigenvalue weighted by Crippen LogP contribution is -2.77. The zero-order valence-electron chi connectivity index (χ0n) is 20.9. The number of aromatic nitrogens is 4. The lowest BCUT2D eigenvalue weighted by atomic mass is 9.82. The summed E-state index contributed by atoms with van der Waals surface area (Å²) in [6.07, 6.45) is 6.79. The molecule has 3 aromatic heterocycles. The second kappa shape index (κ2) is 5.99. The number of benzene rings is 4. The van der Waals surface area contributed by atoms with Gasteiger partial charge in [0.05, 0.1) is 43.8 Å². The highest BCUT2D eigenvalue weighted by molar-refractivity contribution is 8.00. The number of rotatable bonds is 0. The molecular weight excluding hydrogens is 531 g/mol. The van der Waals surface area contributed by atoms with Crippen LogP contribution in [0.4, 0.5) is 17.2 Å². The quantitative estimate of drug-likeness (QED) is 0.195. The Bertz CT molecular complexity index is 2420. The van der Waals surface area contributed by atoms with Crippen LogP contribution in [0.25, 0.3) is 33.2 Å². The Morgan fingerprint density at radius 1 is 0.650 bits per heavy atom. The van der Waals surface area contributed by atoms with Crippen molar-refractivity contribution >= 4 is 62.5 Å². The van der Waals surface area contributed by atoms with Crippen molar-refractivity contribution in [2.24, 2.45) is 0 Å². The van der Waals surface area contributed by atoms with Gasteiger partial charge in [0.1, 0.15) is 16.1 Å². The fourth-order valence-electron chi connectivity index (χ4n) is 8.23. The average Bonchev–Trinajstić information content (AvgIpc) is 3.68. The minimum Gasteiger partial charge on any atom is -0.307 e. The first-order valence-electron chi connectivity index (χ1n) is 13.5. The SMILES string of the molecule is c1cc2c3c(c1)Sc1ccc[n+]4c1N3c1c(cc3c5ccccc5n5c3c1C41c3c-5cccc3-n3ccc[n+]31)S2. The maximum Gasteiger partial charge on any atom is 0.394 e. The van der Waals surface area contributed by atoms with Gasteiger partial charge in [-0.25, -0.2) is 0 Å². The molecule has 1 unspecified atom stereocenters. The Hall–Kier alpha value is -4.46. The van der Waals surface area contributed by atoms with Crippen molar-refractivity contribution < 1.29 is 9.25 Å². The molecule has 5 nitrogen and oxygen atoms in total. The largest absolute Gasteiger partial charge is 0.394 e. The van der Waals surface area contributed by atoms with Gasteiger partial charge in [-0.1, -0.05) is 58.5 Å². The summed E-state index contributed by atoms with van der Waals surface area (Å²) in [6.45, 7) is 0. The second-order valence-corrected chi connectivity index (χ2v) is 13.2. The van der Waals surface area contributed by atoms with Crippen LogP contribution in [0.5, 0.6) is 0 Å². The molecule has 0 amide bonds. The lowest BCUT2D eigenvalue weighted by Gasteiger charge is -2.41. The van der Waals surface area contributed by atoms with Crippen LogP contribution in [0.1, 0.15) is 11.1 Å². The van der Waals surface area contributed by atoms with Crippen LogP contribution < -0.4 is 14.1 Å². The summed E-state index contributed by atoms with van der Waals surface area (Å²) in [5.41, 5.74) is 9.90. The molecule has 7 aromatic rings. The maximum absolute atomic E-state index is 2.59. The van der Waals surface area contributed by atoms with E-state index < -0.39 is 5.66 Å². The highest BCUT2D eigenvalue weighted by atomic mass is 32.2. The highest BCUT2D eigenvalue weighted by Gasteiger charge is 2.70. The van der Waals surface area contributed by atoms with Gasteiger partial charge in [0.25, 0.3) is 0 Å². The Labute approximate surface area is 236 Å². The predicted octanol–water partition coefficient (Wildman–Crippen LogP) is 6.79. The Kier molecular flexibility index (Phi) is 2.93. The van der Waals surface area contributed by atoms with Crippen LogP contribution in [0.2, 0.25) is 0 Å². The standard InChI is InChI=1S/C33H17N5S2/c1-2-8-20-18(7-1)19-17-26-31-28-29(19)37(20)22-10-3-9-21-27(22)33(28,36-16-6-15-35(21)36)34-14-5-13-25-32(34)38(31)30-23(39-25)11-4-12-24(30)40-26/h1-17H/q+2. The summed E-state index contributed by atoms with van der Waals surface area (Å²) in [7, 11) is 0. The molecule has 1 atom stereocenters. The summed E-state index contributed by atoms with van der Waals surface area (Å²) >= 11 is 3.82. The van der Waals surface area contributed by atoms with Crippen LogP contribution in [-0.4, -0.2) is 9.25 Å². The molecule has 8 heterocycles. The fraction of sp³-hybridized carbons (Fsp3) is 0.0303. The topological polar surface area (TPSA) is 20.9 Å². The molecule has 0 aliphatic carbocycles. The van der Waals surface area contributed by atoms with Gasteiger partial charge in [-0.15, -0.1) is 4.68 Å². The van der Waals surface area contributed by atoms with Crippen LogP contribution in [-0.2, 0) is 5.66 Å². The number of hydrogen-bond acceptors (Lipinski definition) is 3. The van der Waals surface area contributed by atoms with E-state index in [9.17, 15) is 0 Å². The molecule has 0 saturated heterocycles. The summed E-state index contributed by atoms with van der Waals surface area (Å²) in [6, 6.07) is 31.7. The number of fused-ring (bicyclic) bond motifs is 6. The second-order valence-electron chi connectivity index (χ2n) is 11.1. The van der Waals surface area contributed by atoms with E-state index in [0.717, 1.165) is 0 Å². The minimum absolute atomic E-state index is 0.545. The van der Waals surface area contributed by atoms with Gasteiger partial charge >= 0.3 is 11.5 Å². The van der Waals surface area contributed by atoms with E-state index in [4.69, 9.17) is 0 Å². The van der Waals surface area contributed by atoms with Gasteiger partial charge in [-0.05, 0) is 48.5 Å². The van der Waals surface area contributed by atoms with Crippen molar-refractivity contribution in [3.63, 3.8) is 0 Å². The Morgan fingerprint density at radius 3 is 2.42 bits per heavy atom. The normalized spacial score (nSPS) is 18.9. The number of anilines is 3. The van der Waals surface area contributed by atoms with E-state index >= 15 is 0 Å². The molecule has 4 aromatic carbocycles. The van der Waals surface area contributed by atoms with Gasteiger partial charge in [-0.3, -0.25) is 0 Å². The average molecular weight is 548 g/mol. The molecule has 0 radical (unpaired) electrons. The Balaban J connectivity index is 1.44. The number of hydrogen-bond donors (Lipinski definition) is 0. The van der Waals surface area contributed by atoms with E-state index in [0.29, 0.717) is 0 Å². The molecule has 0 N–H and O–H groups in total. The lowest BCUT2D eigenvalue weighted by molar-refractivity contribution is -0.991. The van der Waals surface area contributed by atoms with E-state index in [2.05, 4.69) is 127 Å². The summed E-state index contributed by atoms with van der Waals surface area (Å²) in [5.74, 6) is 1.26. The fourth-order valence-corrected chi connectivity index (χ4v) is 10.6. The third kappa shape index (κ3) is 1.75. The van der Waals surface area contributed by atoms with Gasteiger partial charge in [-0.2, -0.15) is 9.47 Å². The summed E-state index contributed by atoms with van der Waals surface area (Å²) in [5, 5.41) is 2.63. The van der Waals surface area contributed by atoms with Crippen molar-refractivity contribution in [1.29, 1.82) is 0 Å². The molecule has 7 heteroatoms. The molecule has 5 aliphatic heterocycles. The molecule has 0 saturated carbocycles. The van der Waals surface area contributed by atoms with E-state index in [1.54, 1.807) is 0 Å². The Morgan fingerprint density at radius 2 is 1.48 bits per heavy atom. The van der Waals surface area contributed by atoms with E-state index in [-0.39, 0.29) is 0 Å². The first kappa shape index (κ1) is 19.6. The van der Waals surface area contributed by atoms with Crippen molar-refractivity contribution in [2.45, 2.75) is 25.2 Å². The van der Waals surface area contributed by atoms with Gasteiger partial charge in [0.15, 0.2) is 16.9 Å². The van der Waals surface area contributed by atoms with Crippen molar-refractivity contribution in [3.8, 4) is 11.4 Å². The van der Waals surface area contributed by atoms with Gasteiger partial charge in [0, 0.05) is 16.8 Å². The third-order valence-corrected chi connectivity index (χ3v) is 11.6. The monoisotopic (exact) mass is 547 g/mol. The van der Waals surface area contributed by atoms with E-state index in [1.807, 2.05) is 23.5 Å². The van der Waals surface area contributed by atoms with Crippen LogP contribution in [0, 0.1) is 0 Å². The van der Waals surface area contributed by atoms with Gasteiger partial charge in [0.2, 0.25) is 6.20 Å². The van der Waals surface area contributed by atoms with Crippen molar-refractivity contribution in [1.82, 2.24) is 9.25 Å². The zero-order valence-corrected chi connectivity index (χ0v) is 22.5. The number of para-hydroxylation sites is 2. The van der Waals surface area contributed by atoms with Crippen LogP contribution in [0.3, 0.4) is 0 Å². The minimum atomic E-state index is -0.545. The first-order valence-corrected chi connectivity index (χ1v) is 15.2. The summed E-state index contributed by atoms with van der Waals surface area (Å²) in [4.78, 5) is 7.85. The summed E-state index contributed by atoms with van der Waals surface area (Å²) < 4.78 is 9.95. The molecule has 40 heavy (non-hydrogen) atoms. The first-order chi connectivity index (χ1) is 19.9. The smallest absolute Gasteiger partial charge is 0.307 e. The highest BCUT2D eigenvalue weighted by Crippen LogP contribution is 2.66. The molecule has 5 aliphatic rings. The van der Waals surface area contributed by atoms with Crippen LogP contribution in [0.15, 0.2) is 123 Å². The zero-order chi connectivity index (χ0) is 25.5. The molecule has 184 valence electrons. The molecule has 0 fully saturated rings. The predicted molar refractivity (Wildman–Crippen MR) is 155 cm³/mol. The van der Waals surface area contributed by atoms with E-state index in [1.165, 1.54) is 81.1 Å². The molecule has 12 rings (SSSR count). The van der Waals surface area contributed by atoms with Crippen LogP contribution >= 0.6 is 23.5 Å². The van der Waals surface area contributed by atoms with Gasteiger partial charge < -0.3 is 4.57 Å². The van der Waals surface area contributed by atoms with Crippen molar-refractivity contribution in [3.05, 3.63) is 115 Å². The maximum atomic E-state index is 2.59. The molecule has 1 spiro atoms.